The van der Waals surface area contributed by atoms with E-state index in [0.717, 1.165) is 6.07 Å². The SMILES string of the molecule is O=C(O)C1(CO)C(c2cccc(F)c2)C1S(=O)(=O)c1ccc(Cl)cc1. The third-order valence-corrected chi connectivity index (χ3v) is 7.14. The van der Waals surface area contributed by atoms with Gasteiger partial charge in [-0.25, -0.2) is 12.8 Å². The summed E-state index contributed by atoms with van der Waals surface area (Å²) in [5.41, 5.74) is -1.69. The molecule has 8 heteroatoms. The van der Waals surface area contributed by atoms with E-state index in [-0.39, 0.29) is 10.5 Å². The molecule has 0 saturated heterocycles. The molecule has 25 heavy (non-hydrogen) atoms. The van der Waals surface area contributed by atoms with Crippen molar-refractivity contribution in [2.75, 3.05) is 6.61 Å². The van der Waals surface area contributed by atoms with Gasteiger partial charge in [-0.05, 0) is 42.0 Å². The van der Waals surface area contributed by atoms with Crippen LogP contribution in [0, 0.1) is 11.2 Å². The van der Waals surface area contributed by atoms with Crippen molar-refractivity contribution >= 4 is 27.4 Å². The maximum absolute atomic E-state index is 13.5. The van der Waals surface area contributed by atoms with Gasteiger partial charge >= 0.3 is 5.97 Å². The summed E-state index contributed by atoms with van der Waals surface area (Å²) < 4.78 is 39.4. The van der Waals surface area contributed by atoms with Crippen LogP contribution in [0.1, 0.15) is 11.5 Å². The van der Waals surface area contributed by atoms with Crippen LogP contribution in [0.3, 0.4) is 0 Å². The van der Waals surface area contributed by atoms with Crippen molar-refractivity contribution in [3.05, 3.63) is 64.9 Å². The number of carboxylic acids is 1. The van der Waals surface area contributed by atoms with E-state index in [2.05, 4.69) is 0 Å². The molecule has 1 aliphatic rings. The van der Waals surface area contributed by atoms with Gasteiger partial charge in [0, 0.05) is 10.9 Å². The minimum absolute atomic E-state index is 0.0973. The molecule has 1 fully saturated rings. The van der Waals surface area contributed by atoms with Crippen molar-refractivity contribution in [1.29, 1.82) is 0 Å². The lowest BCUT2D eigenvalue weighted by atomic mass is 10.00. The minimum atomic E-state index is -4.08. The van der Waals surface area contributed by atoms with E-state index < -0.39 is 44.8 Å². The number of rotatable bonds is 5. The Kier molecular flexibility index (Phi) is 4.35. The highest BCUT2D eigenvalue weighted by molar-refractivity contribution is 7.92. The molecule has 0 radical (unpaired) electrons. The second-order valence-electron chi connectivity index (χ2n) is 5.96. The maximum atomic E-state index is 13.5. The van der Waals surface area contributed by atoms with Crippen LogP contribution < -0.4 is 0 Å². The Hall–Kier alpha value is -1.96. The maximum Gasteiger partial charge on any atom is 0.314 e. The zero-order valence-electron chi connectivity index (χ0n) is 12.8. The first-order chi connectivity index (χ1) is 11.7. The third kappa shape index (κ3) is 2.72. The van der Waals surface area contributed by atoms with Crippen LogP contribution in [0.5, 0.6) is 0 Å². The number of carbonyl (C=O) groups is 1. The number of sulfone groups is 1. The molecule has 0 spiro atoms. The molecular formula is C17H14ClFO5S. The molecule has 2 aromatic carbocycles. The summed E-state index contributed by atoms with van der Waals surface area (Å²) in [6.07, 6.45) is 0. The van der Waals surface area contributed by atoms with Crippen LogP contribution in [-0.4, -0.2) is 36.5 Å². The fraction of sp³-hybridized carbons (Fsp3) is 0.235. The molecule has 1 aliphatic carbocycles. The number of carboxylic acid groups (broad SMARTS) is 1. The molecule has 5 nitrogen and oxygen atoms in total. The van der Waals surface area contributed by atoms with Gasteiger partial charge in [0.15, 0.2) is 9.84 Å². The van der Waals surface area contributed by atoms with E-state index >= 15 is 0 Å². The van der Waals surface area contributed by atoms with Gasteiger partial charge in [-0.2, -0.15) is 0 Å². The Morgan fingerprint density at radius 2 is 1.84 bits per heavy atom. The monoisotopic (exact) mass is 384 g/mol. The van der Waals surface area contributed by atoms with Crippen LogP contribution in [0.15, 0.2) is 53.4 Å². The number of benzene rings is 2. The minimum Gasteiger partial charge on any atom is -0.481 e. The fourth-order valence-electron chi connectivity index (χ4n) is 3.31. The lowest BCUT2D eigenvalue weighted by Gasteiger charge is -2.09. The summed E-state index contributed by atoms with van der Waals surface area (Å²) >= 11 is 5.76. The van der Waals surface area contributed by atoms with Crippen LogP contribution in [0.4, 0.5) is 4.39 Å². The molecule has 0 amide bonds. The first kappa shape index (κ1) is 17.8. The quantitative estimate of drug-likeness (QED) is 0.826. The van der Waals surface area contributed by atoms with Gasteiger partial charge in [0.05, 0.1) is 16.8 Å². The van der Waals surface area contributed by atoms with E-state index in [1.165, 1.54) is 42.5 Å². The number of hydrogen-bond acceptors (Lipinski definition) is 4. The lowest BCUT2D eigenvalue weighted by molar-refractivity contribution is -0.145. The first-order valence-corrected chi connectivity index (χ1v) is 9.27. The number of halogens is 2. The molecular weight excluding hydrogens is 371 g/mol. The second-order valence-corrected chi connectivity index (χ2v) is 8.46. The highest BCUT2D eigenvalue weighted by Gasteiger charge is 2.75. The van der Waals surface area contributed by atoms with Crippen molar-refractivity contribution in [1.82, 2.24) is 0 Å². The molecule has 0 aliphatic heterocycles. The van der Waals surface area contributed by atoms with E-state index in [1.54, 1.807) is 0 Å². The zero-order valence-corrected chi connectivity index (χ0v) is 14.3. The molecule has 1 saturated carbocycles. The van der Waals surface area contributed by atoms with E-state index in [9.17, 15) is 27.8 Å². The predicted octanol–water partition coefficient (Wildman–Crippen LogP) is 2.48. The van der Waals surface area contributed by atoms with E-state index in [4.69, 9.17) is 11.6 Å². The number of hydrogen-bond donors (Lipinski definition) is 2. The standard InChI is InChI=1S/C17H14ClFO5S/c18-11-4-6-13(7-5-11)25(23,24)15-14(17(15,9-20)16(21)22)10-2-1-3-12(19)8-10/h1-8,14-15,20H,9H2,(H,21,22). The number of aliphatic carboxylic acids is 1. The molecule has 2 aromatic rings. The Morgan fingerprint density at radius 1 is 1.20 bits per heavy atom. The van der Waals surface area contributed by atoms with E-state index in [0.29, 0.717) is 5.02 Å². The Labute approximate surface area is 148 Å². The average Bonchev–Trinajstić information content (AvgIpc) is 3.27. The largest absolute Gasteiger partial charge is 0.481 e. The summed E-state index contributed by atoms with van der Waals surface area (Å²) in [6, 6.07) is 10.4. The Morgan fingerprint density at radius 3 is 2.36 bits per heavy atom. The van der Waals surface area contributed by atoms with Gasteiger partial charge in [-0.3, -0.25) is 4.79 Å². The summed E-state index contributed by atoms with van der Waals surface area (Å²) in [5, 5.41) is 18.2. The smallest absolute Gasteiger partial charge is 0.314 e. The van der Waals surface area contributed by atoms with Crippen molar-refractivity contribution in [2.24, 2.45) is 5.41 Å². The normalized spacial score (nSPS) is 25.6. The van der Waals surface area contributed by atoms with Crippen molar-refractivity contribution in [2.45, 2.75) is 16.1 Å². The summed E-state index contributed by atoms with van der Waals surface area (Å²) in [5.74, 6) is -3.09. The fourth-order valence-corrected chi connectivity index (χ4v) is 5.80. The molecule has 0 heterocycles. The Balaban J connectivity index is 2.12. The van der Waals surface area contributed by atoms with Crippen molar-refractivity contribution in [3.63, 3.8) is 0 Å². The van der Waals surface area contributed by atoms with Crippen LogP contribution in [0.2, 0.25) is 5.02 Å². The van der Waals surface area contributed by atoms with Gasteiger partial charge < -0.3 is 10.2 Å². The van der Waals surface area contributed by atoms with Gasteiger partial charge in [-0.1, -0.05) is 23.7 Å². The van der Waals surface area contributed by atoms with Crippen molar-refractivity contribution < 1.29 is 27.8 Å². The number of aliphatic hydroxyl groups excluding tert-OH is 1. The van der Waals surface area contributed by atoms with Crippen LogP contribution in [0.25, 0.3) is 0 Å². The molecule has 132 valence electrons. The van der Waals surface area contributed by atoms with E-state index in [1.807, 2.05) is 0 Å². The molecule has 3 rings (SSSR count). The average molecular weight is 385 g/mol. The molecule has 2 N–H and O–H groups in total. The topological polar surface area (TPSA) is 91.7 Å². The molecule has 3 unspecified atom stereocenters. The second kappa shape index (κ2) is 6.09. The molecule has 0 aromatic heterocycles. The Bertz CT molecular complexity index is 928. The van der Waals surface area contributed by atoms with Gasteiger partial charge in [0.25, 0.3) is 0 Å². The highest BCUT2D eigenvalue weighted by Crippen LogP contribution is 2.64. The highest BCUT2D eigenvalue weighted by atomic mass is 35.5. The molecule has 3 atom stereocenters. The van der Waals surface area contributed by atoms with Gasteiger partial charge in [0.1, 0.15) is 11.2 Å². The molecule has 0 bridgehead atoms. The summed E-state index contributed by atoms with van der Waals surface area (Å²) in [7, 11) is -4.08. The zero-order chi connectivity index (χ0) is 18.4. The van der Waals surface area contributed by atoms with Crippen LogP contribution in [-0.2, 0) is 14.6 Å². The van der Waals surface area contributed by atoms with Gasteiger partial charge in [-0.15, -0.1) is 0 Å². The summed E-state index contributed by atoms with van der Waals surface area (Å²) in [4.78, 5) is 11.7. The number of aliphatic hydroxyl groups is 1. The predicted molar refractivity (Wildman–Crippen MR) is 88.7 cm³/mol. The van der Waals surface area contributed by atoms with Gasteiger partial charge in [0.2, 0.25) is 0 Å². The first-order valence-electron chi connectivity index (χ1n) is 7.34. The summed E-state index contributed by atoms with van der Waals surface area (Å²) in [6.45, 7) is -0.874. The van der Waals surface area contributed by atoms with Crippen LogP contribution >= 0.6 is 11.6 Å². The lowest BCUT2D eigenvalue weighted by Crippen LogP contribution is -2.27. The van der Waals surface area contributed by atoms with Crippen molar-refractivity contribution in [3.8, 4) is 0 Å². The third-order valence-electron chi connectivity index (χ3n) is 4.60.